The maximum Gasteiger partial charge on any atom is 0.0670 e. The van der Waals surface area contributed by atoms with Crippen LogP contribution in [0.1, 0.15) is 11.1 Å². The van der Waals surface area contributed by atoms with Gasteiger partial charge in [0.15, 0.2) is 0 Å². The molecule has 4 aromatic rings. The summed E-state index contributed by atoms with van der Waals surface area (Å²) in [5, 5.41) is 10.9. The lowest BCUT2D eigenvalue weighted by atomic mass is 10.0. The maximum absolute atomic E-state index is 8.62. The van der Waals surface area contributed by atoms with Gasteiger partial charge in [0.1, 0.15) is 0 Å². The average molecular weight is 509 g/mol. The Bertz CT molecular complexity index is 1170. The van der Waals surface area contributed by atoms with Gasteiger partial charge < -0.3 is 0 Å². The predicted molar refractivity (Wildman–Crippen MR) is 136 cm³/mol. The van der Waals surface area contributed by atoms with Gasteiger partial charge in [0.2, 0.25) is 0 Å². The van der Waals surface area contributed by atoms with Gasteiger partial charge in [-0.25, -0.2) is 0 Å². The number of nitriles is 1. The topological polar surface area (TPSA) is 23.8 Å². The Morgan fingerprint density at radius 3 is 1.45 bits per heavy atom. The van der Waals surface area contributed by atoms with Crippen molar-refractivity contribution in [3.63, 3.8) is 0 Å². The summed E-state index contributed by atoms with van der Waals surface area (Å²) in [6.07, 6.45) is 0.355. The zero-order chi connectivity index (χ0) is 22.1. The maximum atomic E-state index is 8.62. The van der Waals surface area contributed by atoms with Crippen LogP contribution in [0.15, 0.2) is 97.1 Å². The third-order valence-electron chi connectivity index (χ3n) is 4.73. The van der Waals surface area contributed by atoms with Crippen molar-refractivity contribution >= 4 is 39.1 Å². The Morgan fingerprint density at radius 2 is 1.06 bits per heavy atom. The molecular formula is C27H20BrCl2N. The van der Waals surface area contributed by atoms with E-state index >= 15 is 0 Å². The molecule has 4 aromatic carbocycles. The quantitative estimate of drug-likeness (QED) is 0.252. The number of hydrogen-bond acceptors (Lipinski definition) is 1. The van der Waals surface area contributed by atoms with Crippen molar-refractivity contribution in [2.45, 2.75) is 11.8 Å². The van der Waals surface area contributed by atoms with E-state index in [4.69, 9.17) is 28.5 Å². The summed E-state index contributed by atoms with van der Waals surface area (Å²) in [5.41, 5.74) is 6.56. The van der Waals surface area contributed by atoms with E-state index in [9.17, 15) is 0 Å². The van der Waals surface area contributed by atoms with Crippen molar-refractivity contribution in [1.29, 1.82) is 5.26 Å². The standard InChI is InChI=1S/C14H10ClN.C13H10BrCl/c15-14-10-13(7-6-12(14)8-9-16)11-4-2-1-3-5-11;14-9-12-7-6-11(8-13(12)15)10-4-2-1-3-5-10/h1-7,10H,8H2;1-8H,9H2. The molecule has 0 aliphatic rings. The van der Waals surface area contributed by atoms with Crippen LogP contribution in [0.3, 0.4) is 0 Å². The van der Waals surface area contributed by atoms with Gasteiger partial charge in [-0.1, -0.05) is 124 Å². The van der Waals surface area contributed by atoms with E-state index in [0.717, 1.165) is 38.2 Å². The number of rotatable bonds is 4. The highest BCUT2D eigenvalue weighted by atomic mass is 79.9. The first-order chi connectivity index (χ1) is 15.1. The van der Waals surface area contributed by atoms with Gasteiger partial charge >= 0.3 is 0 Å². The lowest BCUT2D eigenvalue weighted by Crippen LogP contribution is -1.85. The molecule has 0 bridgehead atoms. The van der Waals surface area contributed by atoms with Gasteiger partial charge in [-0.15, -0.1) is 0 Å². The van der Waals surface area contributed by atoms with E-state index in [1.165, 1.54) is 5.56 Å². The largest absolute Gasteiger partial charge is 0.198 e. The van der Waals surface area contributed by atoms with Gasteiger partial charge in [-0.05, 0) is 45.5 Å². The summed E-state index contributed by atoms with van der Waals surface area (Å²) in [7, 11) is 0. The molecule has 0 amide bonds. The molecule has 0 unspecified atom stereocenters. The number of benzene rings is 4. The lowest BCUT2D eigenvalue weighted by molar-refractivity contribution is 1.26. The second-order valence-corrected chi connectivity index (χ2v) is 8.19. The number of hydrogen-bond donors (Lipinski definition) is 0. The molecule has 0 atom stereocenters. The summed E-state index contributed by atoms with van der Waals surface area (Å²) in [4.78, 5) is 0. The summed E-state index contributed by atoms with van der Waals surface area (Å²) in [5.74, 6) is 0. The molecule has 0 N–H and O–H groups in total. The first kappa shape index (κ1) is 23.1. The van der Waals surface area contributed by atoms with Crippen LogP contribution >= 0.6 is 39.1 Å². The molecule has 0 fully saturated rings. The molecule has 0 spiro atoms. The monoisotopic (exact) mass is 507 g/mol. The molecule has 31 heavy (non-hydrogen) atoms. The number of halogens is 3. The van der Waals surface area contributed by atoms with Crippen LogP contribution in [-0.2, 0) is 11.8 Å². The van der Waals surface area contributed by atoms with Crippen molar-refractivity contribution in [3.8, 4) is 28.3 Å². The highest BCUT2D eigenvalue weighted by Crippen LogP contribution is 2.27. The smallest absolute Gasteiger partial charge is 0.0670 e. The molecule has 0 aromatic heterocycles. The van der Waals surface area contributed by atoms with E-state index < -0.39 is 0 Å². The van der Waals surface area contributed by atoms with E-state index in [0.29, 0.717) is 11.4 Å². The summed E-state index contributed by atoms with van der Waals surface area (Å²) < 4.78 is 0. The Labute approximate surface area is 202 Å². The van der Waals surface area contributed by atoms with Crippen molar-refractivity contribution in [3.05, 3.63) is 118 Å². The molecule has 0 aliphatic heterocycles. The van der Waals surface area contributed by atoms with Crippen molar-refractivity contribution in [2.75, 3.05) is 0 Å². The van der Waals surface area contributed by atoms with E-state index in [1.807, 2.05) is 72.8 Å². The number of alkyl halides is 1. The second kappa shape index (κ2) is 11.7. The lowest BCUT2D eigenvalue weighted by Gasteiger charge is -2.04. The van der Waals surface area contributed by atoms with Crippen molar-refractivity contribution < 1.29 is 0 Å². The minimum absolute atomic E-state index is 0.355. The summed E-state index contributed by atoms with van der Waals surface area (Å²) in [6, 6.07) is 34.3. The molecular weight excluding hydrogens is 489 g/mol. The Morgan fingerprint density at radius 1 is 0.613 bits per heavy atom. The fourth-order valence-electron chi connectivity index (χ4n) is 3.05. The number of nitrogens with zero attached hydrogens (tertiary/aromatic N) is 1. The normalized spacial score (nSPS) is 10.0. The summed E-state index contributed by atoms with van der Waals surface area (Å²) in [6.45, 7) is 0. The van der Waals surface area contributed by atoms with Crippen LogP contribution in [0.4, 0.5) is 0 Å². The molecule has 154 valence electrons. The first-order valence-electron chi connectivity index (χ1n) is 9.73. The average Bonchev–Trinajstić information content (AvgIpc) is 2.82. The first-order valence-corrected chi connectivity index (χ1v) is 11.6. The molecule has 0 saturated heterocycles. The molecule has 1 nitrogen and oxygen atoms in total. The minimum atomic E-state index is 0.355. The molecule has 0 saturated carbocycles. The minimum Gasteiger partial charge on any atom is -0.198 e. The van der Waals surface area contributed by atoms with Gasteiger partial charge in [0.05, 0.1) is 12.5 Å². The molecule has 4 heteroatoms. The van der Waals surface area contributed by atoms with Crippen LogP contribution in [0, 0.1) is 11.3 Å². The molecule has 0 aliphatic carbocycles. The van der Waals surface area contributed by atoms with E-state index in [1.54, 1.807) is 0 Å². The molecule has 0 heterocycles. The Kier molecular flexibility index (Phi) is 8.74. The van der Waals surface area contributed by atoms with Crippen LogP contribution in [-0.4, -0.2) is 0 Å². The van der Waals surface area contributed by atoms with Crippen molar-refractivity contribution in [2.24, 2.45) is 0 Å². The fourth-order valence-corrected chi connectivity index (χ4v) is 4.20. The van der Waals surface area contributed by atoms with Crippen LogP contribution < -0.4 is 0 Å². The van der Waals surface area contributed by atoms with E-state index in [2.05, 4.69) is 46.3 Å². The third-order valence-corrected chi connectivity index (χ3v) is 6.04. The SMILES string of the molecule is Clc1cc(-c2ccccc2)ccc1CBr.N#CCc1ccc(-c2ccccc2)cc1Cl. The third kappa shape index (κ3) is 6.45. The Hall–Kier alpha value is -2.57. The van der Waals surface area contributed by atoms with Crippen LogP contribution in [0.25, 0.3) is 22.3 Å². The zero-order valence-electron chi connectivity index (χ0n) is 16.7. The van der Waals surface area contributed by atoms with Gasteiger partial charge in [0.25, 0.3) is 0 Å². The predicted octanol–water partition coefficient (Wildman–Crippen LogP) is 8.97. The van der Waals surface area contributed by atoms with Gasteiger partial charge in [-0.2, -0.15) is 5.26 Å². The van der Waals surface area contributed by atoms with E-state index in [-0.39, 0.29) is 0 Å². The fraction of sp³-hybridized carbons (Fsp3) is 0.0741. The highest BCUT2D eigenvalue weighted by molar-refractivity contribution is 9.08. The molecule has 4 rings (SSSR count). The Balaban J connectivity index is 0.000000176. The van der Waals surface area contributed by atoms with Gasteiger partial charge in [-0.3, -0.25) is 0 Å². The molecule has 0 radical (unpaired) electrons. The zero-order valence-corrected chi connectivity index (χ0v) is 19.8. The second-order valence-electron chi connectivity index (χ2n) is 6.81. The van der Waals surface area contributed by atoms with Crippen LogP contribution in [0.5, 0.6) is 0 Å². The van der Waals surface area contributed by atoms with Gasteiger partial charge in [0, 0.05) is 15.4 Å². The van der Waals surface area contributed by atoms with Crippen LogP contribution in [0.2, 0.25) is 10.0 Å². The van der Waals surface area contributed by atoms with Crippen molar-refractivity contribution in [1.82, 2.24) is 0 Å². The highest BCUT2D eigenvalue weighted by Gasteiger charge is 2.03. The summed E-state index contributed by atoms with van der Waals surface area (Å²) >= 11 is 15.7.